The van der Waals surface area contributed by atoms with Crippen LogP contribution in [0.25, 0.3) is 87.6 Å². The first-order valence-electron chi connectivity index (χ1n) is 28.5. The van der Waals surface area contributed by atoms with Gasteiger partial charge in [0.25, 0.3) is 0 Å². The van der Waals surface area contributed by atoms with Crippen LogP contribution < -0.4 is 9.80 Å². The van der Waals surface area contributed by atoms with Crippen LogP contribution in [-0.4, -0.2) is 0 Å². The molecule has 1 unspecified atom stereocenters. The van der Waals surface area contributed by atoms with E-state index in [1.165, 1.54) is 121 Å². The molecule has 2 nitrogen and oxygen atoms in total. The molecule has 0 amide bonds. The van der Waals surface area contributed by atoms with Crippen molar-refractivity contribution in [3.05, 3.63) is 282 Å². The van der Waals surface area contributed by atoms with Gasteiger partial charge in [0.1, 0.15) is 0 Å². The van der Waals surface area contributed by atoms with Crippen molar-refractivity contribution in [1.82, 2.24) is 0 Å². The van der Waals surface area contributed by atoms with Gasteiger partial charge in [0.05, 0.1) is 0 Å². The van der Waals surface area contributed by atoms with Crippen LogP contribution in [0.4, 0.5) is 28.4 Å². The van der Waals surface area contributed by atoms with Crippen LogP contribution in [0.1, 0.15) is 68.9 Å². The Morgan fingerprint density at radius 3 is 1.30 bits per heavy atom. The zero-order chi connectivity index (χ0) is 54.0. The molecule has 80 heavy (non-hydrogen) atoms. The number of benzene rings is 12. The Hall–Kier alpha value is -9.24. The summed E-state index contributed by atoms with van der Waals surface area (Å²) in [5, 5.41) is 9.77. The summed E-state index contributed by atoms with van der Waals surface area (Å²) in [6.07, 6.45) is 8.12. The van der Waals surface area contributed by atoms with Crippen LogP contribution in [0.3, 0.4) is 0 Å². The molecule has 0 aromatic heterocycles. The van der Waals surface area contributed by atoms with Crippen molar-refractivity contribution >= 4 is 71.5 Å². The van der Waals surface area contributed by atoms with Crippen molar-refractivity contribution in [2.24, 2.45) is 5.92 Å². The lowest BCUT2D eigenvalue weighted by molar-refractivity contribution is 0.660. The second kappa shape index (κ2) is 18.2. The first kappa shape index (κ1) is 47.9. The average molecular weight is 1030 g/mol. The van der Waals surface area contributed by atoms with E-state index in [1.807, 2.05) is 0 Å². The molecule has 0 heterocycles. The van der Waals surface area contributed by atoms with Gasteiger partial charge in [-0.1, -0.05) is 210 Å². The third kappa shape index (κ3) is 7.53. The molecule has 0 saturated carbocycles. The molecule has 0 aliphatic heterocycles. The van der Waals surface area contributed by atoms with Crippen molar-refractivity contribution < 1.29 is 0 Å². The lowest BCUT2D eigenvalue weighted by Crippen LogP contribution is -2.17. The van der Waals surface area contributed by atoms with E-state index in [1.54, 1.807) is 0 Å². The van der Waals surface area contributed by atoms with Gasteiger partial charge in [-0.05, 0) is 208 Å². The predicted octanol–water partition coefficient (Wildman–Crippen LogP) is 21.6. The minimum atomic E-state index is -0.183. The predicted molar refractivity (Wildman–Crippen MR) is 341 cm³/mol. The molecule has 12 aromatic rings. The van der Waals surface area contributed by atoms with Crippen LogP contribution in [0.5, 0.6) is 0 Å². The lowest BCUT2D eigenvalue weighted by Gasteiger charge is -2.30. The summed E-state index contributed by atoms with van der Waals surface area (Å²) in [6.45, 7) is 14.1. The standard InChI is InChI=1S/C78H62N2/c1-49-23-31-57(32-24-49)79(59-35-27-51-15-7-9-17-53(51)43-59)61-37-41-67-69(47-61)75(55-29-39-65-63-19-11-13-21-71(63)77(3,4)73(65)45-55)68-42-38-62(80(58-33-25-50(2)26-34-58)60-36-28-52-16-8-10-18-54(52)44-60)48-70(68)76(67)56-30-40-66-64-20-12-14-22-72(64)78(5,6)74(66)46-56/h7-25,27-48,50H,26H2,1-6H3. The van der Waals surface area contributed by atoms with Gasteiger partial charge < -0.3 is 9.80 Å². The Labute approximate surface area is 470 Å². The zero-order valence-electron chi connectivity index (χ0n) is 46.4. The topological polar surface area (TPSA) is 6.48 Å². The number of hydrogen-bond acceptors (Lipinski definition) is 2. The quantitative estimate of drug-likeness (QED) is 0.140. The smallest absolute Gasteiger partial charge is 0.0468 e. The number of rotatable bonds is 8. The van der Waals surface area contributed by atoms with Gasteiger partial charge in [0.15, 0.2) is 0 Å². The molecular weight excluding hydrogens is 965 g/mol. The van der Waals surface area contributed by atoms with E-state index >= 15 is 0 Å². The van der Waals surface area contributed by atoms with Crippen molar-refractivity contribution in [2.45, 2.75) is 58.8 Å². The number of allylic oxidation sites excluding steroid dienone is 3. The van der Waals surface area contributed by atoms with Crippen molar-refractivity contribution in [3.63, 3.8) is 0 Å². The third-order valence-corrected chi connectivity index (χ3v) is 18.2. The fourth-order valence-corrected chi connectivity index (χ4v) is 13.9. The van der Waals surface area contributed by atoms with Crippen LogP contribution >= 0.6 is 0 Å². The highest BCUT2D eigenvalue weighted by Crippen LogP contribution is 2.55. The van der Waals surface area contributed by atoms with Crippen molar-refractivity contribution in [1.29, 1.82) is 0 Å². The van der Waals surface area contributed by atoms with Crippen LogP contribution in [-0.2, 0) is 10.8 Å². The second-order valence-electron chi connectivity index (χ2n) is 23.8. The fourth-order valence-electron chi connectivity index (χ4n) is 13.9. The highest BCUT2D eigenvalue weighted by atomic mass is 15.2. The third-order valence-electron chi connectivity index (χ3n) is 18.2. The maximum Gasteiger partial charge on any atom is 0.0468 e. The van der Waals surface area contributed by atoms with E-state index in [9.17, 15) is 0 Å². The summed E-state index contributed by atoms with van der Waals surface area (Å²) in [4.78, 5) is 4.94. The summed E-state index contributed by atoms with van der Waals surface area (Å²) >= 11 is 0. The Bertz CT molecular complexity index is 4600. The van der Waals surface area contributed by atoms with Crippen LogP contribution in [0, 0.1) is 12.8 Å². The van der Waals surface area contributed by atoms with Crippen molar-refractivity contribution in [3.8, 4) is 44.5 Å². The Kier molecular flexibility index (Phi) is 10.9. The van der Waals surface area contributed by atoms with E-state index < -0.39 is 0 Å². The molecule has 1 atom stereocenters. The van der Waals surface area contributed by atoms with Gasteiger partial charge in [-0.3, -0.25) is 0 Å². The van der Waals surface area contributed by atoms with E-state index in [2.05, 4.69) is 300 Å². The largest absolute Gasteiger partial charge is 0.311 e. The number of nitrogens with zero attached hydrogens (tertiary/aromatic N) is 2. The molecule has 0 radical (unpaired) electrons. The summed E-state index contributed by atoms with van der Waals surface area (Å²) in [5.74, 6) is 0.475. The summed E-state index contributed by atoms with van der Waals surface area (Å²) in [7, 11) is 0. The van der Waals surface area contributed by atoms with Gasteiger partial charge in [-0.15, -0.1) is 0 Å². The van der Waals surface area contributed by atoms with Crippen LogP contribution in [0.2, 0.25) is 0 Å². The van der Waals surface area contributed by atoms with Gasteiger partial charge in [0.2, 0.25) is 0 Å². The highest BCUT2D eigenvalue weighted by Gasteiger charge is 2.37. The molecule has 12 aromatic carbocycles. The lowest BCUT2D eigenvalue weighted by atomic mass is 9.79. The molecule has 0 N–H and O–H groups in total. The molecule has 0 spiro atoms. The SMILES string of the molecule is Cc1ccc(N(c2ccc3ccccc3c2)c2ccc3c(-c4ccc5c(c4)C(C)(C)c4ccccc4-5)c4cc(N(C5=CCC(C)C=C5)c5ccc6ccccc6c5)ccc4c(-c4ccc5c(c4)C(C)(C)c4ccccc4-5)c3c2)cc1. The number of fused-ring (bicyclic) bond motifs is 10. The Morgan fingerprint density at radius 1 is 0.362 bits per heavy atom. The minimum absolute atomic E-state index is 0.182. The molecule has 3 aliphatic rings. The maximum absolute atomic E-state index is 2.53. The van der Waals surface area contributed by atoms with Gasteiger partial charge in [0, 0.05) is 45.0 Å². The number of anilines is 5. The van der Waals surface area contributed by atoms with E-state index in [4.69, 9.17) is 0 Å². The molecule has 384 valence electrons. The first-order chi connectivity index (χ1) is 39.0. The summed E-state index contributed by atoms with van der Waals surface area (Å²) < 4.78 is 0. The Balaban J connectivity index is 1.05. The number of aryl methyl sites for hydroxylation is 1. The highest BCUT2D eigenvalue weighted by molar-refractivity contribution is 6.23. The minimum Gasteiger partial charge on any atom is -0.311 e. The Morgan fingerprint density at radius 2 is 0.787 bits per heavy atom. The molecule has 2 heteroatoms. The number of hydrogen-bond donors (Lipinski definition) is 0. The summed E-state index contributed by atoms with van der Waals surface area (Å²) in [5.41, 5.74) is 23.3. The van der Waals surface area contributed by atoms with Gasteiger partial charge in [-0.2, -0.15) is 0 Å². The van der Waals surface area contributed by atoms with Gasteiger partial charge in [-0.25, -0.2) is 0 Å². The molecule has 15 rings (SSSR count). The van der Waals surface area contributed by atoms with E-state index in [0.29, 0.717) is 5.92 Å². The second-order valence-corrected chi connectivity index (χ2v) is 23.8. The van der Waals surface area contributed by atoms with Crippen LogP contribution in [0.15, 0.2) is 254 Å². The molecule has 3 aliphatic carbocycles. The fraction of sp³-hybridized carbons (Fsp3) is 0.128. The zero-order valence-corrected chi connectivity index (χ0v) is 46.4. The summed E-state index contributed by atoms with van der Waals surface area (Å²) in [6, 6.07) is 87.6. The van der Waals surface area contributed by atoms with Crippen molar-refractivity contribution in [2.75, 3.05) is 9.80 Å². The monoisotopic (exact) mass is 1030 g/mol. The first-order valence-corrected chi connectivity index (χ1v) is 28.5. The molecule has 0 fully saturated rings. The normalized spacial score (nSPS) is 15.4. The maximum atomic E-state index is 2.53. The molecule has 0 saturated heterocycles. The average Bonchev–Trinajstić information content (AvgIpc) is 4.07. The van der Waals surface area contributed by atoms with E-state index in [0.717, 1.165) is 34.9 Å². The molecule has 0 bridgehead atoms. The van der Waals surface area contributed by atoms with E-state index in [-0.39, 0.29) is 10.8 Å². The molecular formula is C78H62N2. The van der Waals surface area contributed by atoms with Gasteiger partial charge >= 0.3 is 0 Å².